The van der Waals surface area contributed by atoms with Gasteiger partial charge < -0.3 is 10.1 Å². The smallest absolute Gasteiger partial charge is 0.317 e. The number of esters is 1. The Morgan fingerprint density at radius 2 is 1.75 bits per heavy atom. The number of thioether (sulfide) groups is 1. The van der Waals surface area contributed by atoms with Crippen molar-refractivity contribution in [1.29, 1.82) is 0 Å². The number of carbonyl (C=O) groups excluding carboxylic acids is 2. The summed E-state index contributed by atoms with van der Waals surface area (Å²) in [7, 11) is -3.80. The van der Waals surface area contributed by atoms with Crippen LogP contribution in [0.25, 0.3) is 0 Å². The number of sulfonamides is 1. The molecule has 0 unspecified atom stereocenters. The molecule has 0 bridgehead atoms. The zero-order chi connectivity index (χ0) is 20.9. The molecule has 0 aromatic heterocycles. The van der Waals surface area contributed by atoms with Gasteiger partial charge in [-0.1, -0.05) is 6.07 Å². The second-order valence-electron chi connectivity index (χ2n) is 6.23. The molecule has 0 spiro atoms. The highest BCUT2D eigenvalue weighted by molar-refractivity contribution is 8.00. The van der Waals surface area contributed by atoms with E-state index in [0.717, 1.165) is 10.5 Å². The highest BCUT2D eigenvalue weighted by Gasteiger charge is 2.18. The van der Waals surface area contributed by atoms with Gasteiger partial charge in [0, 0.05) is 10.6 Å². The van der Waals surface area contributed by atoms with Gasteiger partial charge in [0.15, 0.2) is 6.10 Å². The van der Waals surface area contributed by atoms with Gasteiger partial charge in [0.2, 0.25) is 10.0 Å². The number of amides is 1. The van der Waals surface area contributed by atoms with Crippen LogP contribution in [0.2, 0.25) is 0 Å². The molecule has 0 radical (unpaired) electrons. The van der Waals surface area contributed by atoms with Crippen molar-refractivity contribution in [2.24, 2.45) is 5.14 Å². The molecule has 2 aromatic rings. The molecule has 2 aromatic carbocycles. The standard InChI is InChI=1S/C19H22N2O5S2/c1-12-4-7-16(10-13(12)2)27-11-18(22)26-14(3)19(23)21-15-5-8-17(9-6-15)28(20,24)25/h4-10,14H,11H2,1-3H3,(H,21,23)(H2,20,24,25)/t14-/m1/s1. The molecule has 1 atom stereocenters. The van der Waals surface area contributed by atoms with Crippen LogP contribution in [0.5, 0.6) is 0 Å². The second kappa shape index (κ2) is 9.22. The molecular formula is C19H22N2O5S2. The van der Waals surface area contributed by atoms with E-state index in [1.807, 2.05) is 32.0 Å². The van der Waals surface area contributed by atoms with Gasteiger partial charge >= 0.3 is 5.97 Å². The lowest BCUT2D eigenvalue weighted by atomic mass is 10.1. The average Bonchev–Trinajstić information content (AvgIpc) is 2.62. The minimum atomic E-state index is -3.80. The summed E-state index contributed by atoms with van der Waals surface area (Å²) < 4.78 is 27.6. The first-order valence-corrected chi connectivity index (χ1v) is 10.9. The highest BCUT2D eigenvalue weighted by Crippen LogP contribution is 2.21. The van der Waals surface area contributed by atoms with Crippen LogP contribution in [-0.4, -0.2) is 32.2 Å². The lowest BCUT2D eigenvalue weighted by Crippen LogP contribution is -2.30. The van der Waals surface area contributed by atoms with E-state index >= 15 is 0 Å². The third-order valence-corrected chi connectivity index (χ3v) is 5.86. The number of aryl methyl sites for hydroxylation is 2. The van der Waals surface area contributed by atoms with Crippen molar-refractivity contribution >= 4 is 39.3 Å². The molecule has 150 valence electrons. The van der Waals surface area contributed by atoms with Crippen LogP contribution in [-0.2, 0) is 24.3 Å². The van der Waals surface area contributed by atoms with Crippen LogP contribution in [0.15, 0.2) is 52.3 Å². The molecular weight excluding hydrogens is 400 g/mol. The van der Waals surface area contributed by atoms with Gasteiger partial charge in [0.1, 0.15) is 0 Å². The Bertz CT molecular complexity index is 972. The minimum Gasteiger partial charge on any atom is -0.452 e. The first-order chi connectivity index (χ1) is 13.1. The molecule has 0 saturated heterocycles. The Balaban J connectivity index is 1.85. The SMILES string of the molecule is Cc1ccc(SCC(=O)O[C@H](C)C(=O)Nc2ccc(S(N)(=O)=O)cc2)cc1C. The van der Waals surface area contributed by atoms with Gasteiger partial charge in [-0.05, 0) is 68.3 Å². The van der Waals surface area contributed by atoms with Crippen molar-refractivity contribution in [2.75, 3.05) is 11.1 Å². The Kier molecular flexibility index (Phi) is 7.22. The Morgan fingerprint density at radius 3 is 2.32 bits per heavy atom. The van der Waals surface area contributed by atoms with Gasteiger partial charge in [-0.2, -0.15) is 0 Å². The van der Waals surface area contributed by atoms with Crippen molar-refractivity contribution in [3.05, 3.63) is 53.6 Å². The lowest BCUT2D eigenvalue weighted by Gasteiger charge is -2.14. The number of hydrogen-bond donors (Lipinski definition) is 2. The summed E-state index contributed by atoms with van der Waals surface area (Å²) in [6.07, 6.45) is -0.995. The molecule has 0 aliphatic heterocycles. The summed E-state index contributed by atoms with van der Waals surface area (Å²) >= 11 is 1.34. The van der Waals surface area contributed by atoms with Crippen molar-refractivity contribution in [3.8, 4) is 0 Å². The number of hydrogen-bond acceptors (Lipinski definition) is 6. The van der Waals surface area contributed by atoms with E-state index in [1.165, 1.54) is 48.5 Å². The van der Waals surface area contributed by atoms with E-state index in [-0.39, 0.29) is 10.6 Å². The number of anilines is 1. The molecule has 3 N–H and O–H groups in total. The number of primary sulfonamides is 1. The van der Waals surface area contributed by atoms with Crippen molar-refractivity contribution in [1.82, 2.24) is 0 Å². The molecule has 0 saturated carbocycles. The van der Waals surface area contributed by atoms with Gasteiger partial charge in [0.05, 0.1) is 10.6 Å². The summed E-state index contributed by atoms with van der Waals surface area (Å²) in [5.74, 6) is -0.938. The zero-order valence-electron chi connectivity index (χ0n) is 15.8. The van der Waals surface area contributed by atoms with E-state index < -0.39 is 28.0 Å². The zero-order valence-corrected chi connectivity index (χ0v) is 17.4. The van der Waals surface area contributed by atoms with Crippen molar-refractivity contribution in [2.45, 2.75) is 36.7 Å². The molecule has 1 amide bonds. The normalized spacial score (nSPS) is 12.3. The molecule has 2 rings (SSSR count). The average molecular weight is 423 g/mol. The minimum absolute atomic E-state index is 0.0617. The summed E-state index contributed by atoms with van der Waals surface area (Å²) in [4.78, 5) is 25.0. The molecule has 0 fully saturated rings. The third-order valence-electron chi connectivity index (χ3n) is 3.96. The first-order valence-electron chi connectivity index (χ1n) is 8.39. The van der Waals surface area contributed by atoms with Crippen molar-refractivity contribution in [3.63, 3.8) is 0 Å². The van der Waals surface area contributed by atoms with Crippen LogP contribution in [0, 0.1) is 13.8 Å². The fourth-order valence-electron chi connectivity index (χ4n) is 2.20. The van der Waals surface area contributed by atoms with Crippen LogP contribution < -0.4 is 10.5 Å². The quantitative estimate of drug-likeness (QED) is 0.523. The van der Waals surface area contributed by atoms with Gasteiger partial charge in [0.25, 0.3) is 5.91 Å². The maximum absolute atomic E-state index is 12.1. The monoisotopic (exact) mass is 422 g/mol. The van der Waals surface area contributed by atoms with Crippen LogP contribution in [0.4, 0.5) is 5.69 Å². The number of ether oxygens (including phenoxy) is 1. The molecule has 0 aliphatic rings. The van der Waals surface area contributed by atoms with Crippen molar-refractivity contribution < 1.29 is 22.7 Å². The number of nitrogens with one attached hydrogen (secondary N) is 1. The molecule has 7 nitrogen and oxygen atoms in total. The maximum Gasteiger partial charge on any atom is 0.317 e. The van der Waals surface area contributed by atoms with Gasteiger partial charge in [-0.15, -0.1) is 11.8 Å². The number of carbonyl (C=O) groups is 2. The van der Waals surface area contributed by atoms with E-state index in [9.17, 15) is 18.0 Å². The van der Waals surface area contributed by atoms with E-state index in [1.54, 1.807) is 0 Å². The largest absolute Gasteiger partial charge is 0.452 e. The van der Waals surface area contributed by atoms with E-state index in [0.29, 0.717) is 5.69 Å². The molecule has 0 heterocycles. The Morgan fingerprint density at radius 1 is 1.11 bits per heavy atom. The lowest BCUT2D eigenvalue weighted by molar-refractivity contribution is -0.150. The summed E-state index contributed by atoms with van der Waals surface area (Å²) in [5.41, 5.74) is 2.68. The highest BCUT2D eigenvalue weighted by atomic mass is 32.2. The first kappa shape index (κ1) is 21.9. The van der Waals surface area contributed by atoms with Crippen LogP contribution >= 0.6 is 11.8 Å². The van der Waals surface area contributed by atoms with Crippen LogP contribution in [0.3, 0.4) is 0 Å². The second-order valence-corrected chi connectivity index (χ2v) is 8.84. The summed E-state index contributed by atoms with van der Waals surface area (Å²) in [6.45, 7) is 5.48. The third kappa shape index (κ3) is 6.36. The predicted molar refractivity (Wildman–Crippen MR) is 109 cm³/mol. The number of nitrogens with two attached hydrogens (primary N) is 1. The fraction of sp³-hybridized carbons (Fsp3) is 0.263. The topological polar surface area (TPSA) is 116 Å². The Labute approximate surface area is 168 Å². The number of benzene rings is 2. The van der Waals surface area contributed by atoms with Gasteiger partial charge in [-0.3, -0.25) is 9.59 Å². The van der Waals surface area contributed by atoms with Gasteiger partial charge in [-0.25, -0.2) is 13.6 Å². The predicted octanol–water partition coefficient (Wildman–Crippen LogP) is 2.61. The van der Waals surface area contributed by atoms with E-state index in [4.69, 9.17) is 9.88 Å². The molecule has 9 heteroatoms. The fourth-order valence-corrected chi connectivity index (χ4v) is 3.49. The Hall–Kier alpha value is -2.36. The molecule has 0 aliphatic carbocycles. The number of rotatable bonds is 7. The summed E-state index contributed by atoms with van der Waals surface area (Å²) in [6, 6.07) is 11.3. The van der Waals surface area contributed by atoms with E-state index in [2.05, 4.69) is 5.32 Å². The molecule has 28 heavy (non-hydrogen) atoms. The summed E-state index contributed by atoms with van der Waals surface area (Å²) in [5, 5.41) is 7.58. The maximum atomic E-state index is 12.1. The van der Waals surface area contributed by atoms with Crippen LogP contribution in [0.1, 0.15) is 18.1 Å².